The summed E-state index contributed by atoms with van der Waals surface area (Å²) in [5.74, 6) is -1.90. The number of nitrogens with one attached hydrogen (secondary N) is 2. The fraction of sp³-hybridized carbons (Fsp3) is 0.550. The summed E-state index contributed by atoms with van der Waals surface area (Å²) < 4.78 is 39.8. The number of benzene rings is 1. The molecule has 172 valence electrons. The van der Waals surface area contributed by atoms with Crippen LogP contribution in [0.15, 0.2) is 29.2 Å². The third kappa shape index (κ3) is 6.81. The molecule has 31 heavy (non-hydrogen) atoms. The van der Waals surface area contributed by atoms with Crippen LogP contribution < -0.4 is 16.4 Å². The van der Waals surface area contributed by atoms with E-state index in [1.807, 2.05) is 13.8 Å². The highest BCUT2D eigenvalue weighted by molar-refractivity contribution is 7.89. The molecule has 0 radical (unpaired) electrons. The number of nitrogens with two attached hydrogens (primary N) is 1. The number of amides is 2. The average Bonchev–Trinajstić information content (AvgIpc) is 2.89. The van der Waals surface area contributed by atoms with E-state index in [-0.39, 0.29) is 30.3 Å². The Hall–Kier alpha value is -2.37. The Labute approximate surface area is 181 Å². The largest absolute Gasteiger partial charge is 0.344 e. The first kappa shape index (κ1) is 24.9. The fourth-order valence-electron chi connectivity index (χ4n) is 3.34. The minimum absolute atomic E-state index is 0.0944. The van der Waals surface area contributed by atoms with Crippen LogP contribution in [-0.2, 0) is 24.4 Å². The van der Waals surface area contributed by atoms with Crippen LogP contribution in [0.25, 0.3) is 0 Å². The Kier molecular flexibility index (Phi) is 8.66. The van der Waals surface area contributed by atoms with Crippen molar-refractivity contribution in [1.82, 2.24) is 14.9 Å². The Bertz CT molecular complexity index is 905. The second-order valence-corrected chi connectivity index (χ2v) is 9.85. The molecule has 11 heteroatoms. The first-order valence-electron chi connectivity index (χ1n) is 10.1. The van der Waals surface area contributed by atoms with Crippen molar-refractivity contribution >= 4 is 27.6 Å². The molecule has 0 spiro atoms. The minimum atomic E-state index is -3.98. The first-order valence-corrected chi connectivity index (χ1v) is 11.6. The van der Waals surface area contributed by atoms with Crippen molar-refractivity contribution in [3.63, 3.8) is 0 Å². The number of hydrogen-bond acceptors (Lipinski definition) is 6. The second-order valence-electron chi connectivity index (χ2n) is 7.92. The predicted octanol–water partition coefficient (Wildman–Crippen LogP) is 0.154. The molecule has 1 fully saturated rings. The average molecular weight is 457 g/mol. The topological polar surface area (TPSA) is 139 Å². The lowest BCUT2D eigenvalue weighted by molar-refractivity contribution is -0.131. The van der Waals surface area contributed by atoms with E-state index in [0.29, 0.717) is 12.8 Å². The summed E-state index contributed by atoms with van der Waals surface area (Å²) in [7, 11) is -3.98. The van der Waals surface area contributed by atoms with Gasteiger partial charge in [-0.2, -0.15) is 4.31 Å². The zero-order valence-electron chi connectivity index (χ0n) is 17.6. The van der Waals surface area contributed by atoms with Crippen molar-refractivity contribution in [2.24, 2.45) is 11.7 Å². The van der Waals surface area contributed by atoms with Gasteiger partial charge in [0, 0.05) is 6.54 Å². The summed E-state index contributed by atoms with van der Waals surface area (Å²) in [5, 5.41) is 5.20. The van der Waals surface area contributed by atoms with E-state index in [0.717, 1.165) is 28.6 Å². The van der Waals surface area contributed by atoms with E-state index in [9.17, 15) is 27.2 Å². The molecule has 4 N–H and O–H groups in total. The first-order chi connectivity index (χ1) is 14.5. The lowest BCUT2D eigenvalue weighted by atomic mass is 10.0. The number of Topliss-reactive ketones (excluding diaryl/α,β-unsaturated/α-hetero) is 1. The maximum Gasteiger partial charge on any atom is 0.243 e. The van der Waals surface area contributed by atoms with Gasteiger partial charge in [-0.3, -0.25) is 14.4 Å². The van der Waals surface area contributed by atoms with E-state index in [4.69, 9.17) is 5.73 Å². The van der Waals surface area contributed by atoms with Gasteiger partial charge >= 0.3 is 0 Å². The van der Waals surface area contributed by atoms with E-state index in [2.05, 4.69) is 10.6 Å². The van der Waals surface area contributed by atoms with Gasteiger partial charge < -0.3 is 16.4 Å². The van der Waals surface area contributed by atoms with Crippen molar-refractivity contribution in [2.75, 3.05) is 19.6 Å². The number of hydrogen-bond donors (Lipinski definition) is 3. The van der Waals surface area contributed by atoms with Gasteiger partial charge in [0.05, 0.1) is 24.0 Å². The maximum atomic E-state index is 13.1. The summed E-state index contributed by atoms with van der Waals surface area (Å²) >= 11 is 0. The molecular formula is C20H29FN4O5S. The van der Waals surface area contributed by atoms with Crippen LogP contribution in [0.4, 0.5) is 4.39 Å². The van der Waals surface area contributed by atoms with E-state index < -0.39 is 52.1 Å². The second kappa shape index (κ2) is 10.8. The fourth-order valence-corrected chi connectivity index (χ4v) is 4.78. The zero-order valence-corrected chi connectivity index (χ0v) is 18.5. The van der Waals surface area contributed by atoms with Gasteiger partial charge in [0.1, 0.15) is 11.9 Å². The van der Waals surface area contributed by atoms with Gasteiger partial charge in [0.25, 0.3) is 0 Å². The summed E-state index contributed by atoms with van der Waals surface area (Å²) in [5.41, 5.74) is 5.31. The molecule has 2 rings (SSSR count). The molecule has 1 aromatic rings. The van der Waals surface area contributed by atoms with Crippen LogP contribution in [0.5, 0.6) is 0 Å². The highest BCUT2D eigenvalue weighted by atomic mass is 32.2. The minimum Gasteiger partial charge on any atom is -0.344 e. The van der Waals surface area contributed by atoms with Gasteiger partial charge in [-0.1, -0.05) is 13.8 Å². The number of carbonyl (C=O) groups excluding carboxylic acids is 3. The Morgan fingerprint density at radius 1 is 1.26 bits per heavy atom. The van der Waals surface area contributed by atoms with Crippen LogP contribution >= 0.6 is 0 Å². The van der Waals surface area contributed by atoms with Gasteiger partial charge in [-0.15, -0.1) is 0 Å². The molecule has 9 nitrogen and oxygen atoms in total. The zero-order chi connectivity index (χ0) is 23.2. The maximum absolute atomic E-state index is 13.1. The predicted molar refractivity (Wildman–Crippen MR) is 112 cm³/mol. The third-order valence-corrected chi connectivity index (χ3v) is 6.79. The Morgan fingerprint density at radius 2 is 1.90 bits per heavy atom. The number of halogens is 1. The van der Waals surface area contributed by atoms with Crippen molar-refractivity contribution in [1.29, 1.82) is 0 Å². The number of sulfonamides is 1. The normalized spacial score (nSPS) is 19.0. The number of rotatable bonds is 8. The third-order valence-electron chi connectivity index (χ3n) is 4.93. The summed E-state index contributed by atoms with van der Waals surface area (Å²) in [4.78, 5) is 37.0. The quantitative estimate of drug-likeness (QED) is 0.509. The van der Waals surface area contributed by atoms with Crippen LogP contribution in [-0.4, -0.2) is 62.0 Å². The molecule has 1 aromatic carbocycles. The number of carbonyl (C=O) groups is 3. The molecule has 0 aliphatic carbocycles. The summed E-state index contributed by atoms with van der Waals surface area (Å²) in [6.07, 6.45) is 0.976. The van der Waals surface area contributed by atoms with Gasteiger partial charge in [-0.25, -0.2) is 12.8 Å². The van der Waals surface area contributed by atoms with Gasteiger partial charge in [0.15, 0.2) is 5.78 Å². The number of ketones is 1. The molecule has 2 amide bonds. The molecule has 0 bridgehead atoms. The summed E-state index contributed by atoms with van der Waals surface area (Å²) in [6, 6.07) is 2.67. The molecule has 1 unspecified atom stereocenters. The van der Waals surface area contributed by atoms with Gasteiger partial charge in [-0.05, 0) is 49.4 Å². The van der Waals surface area contributed by atoms with E-state index in [1.165, 1.54) is 0 Å². The molecule has 1 aliphatic heterocycles. The van der Waals surface area contributed by atoms with Crippen molar-refractivity contribution in [3.8, 4) is 0 Å². The molecule has 1 aliphatic rings. The summed E-state index contributed by atoms with van der Waals surface area (Å²) in [6.45, 7) is 3.21. The molecule has 1 heterocycles. The molecular weight excluding hydrogens is 427 g/mol. The molecule has 0 saturated carbocycles. The van der Waals surface area contributed by atoms with Crippen molar-refractivity contribution in [2.45, 2.75) is 50.1 Å². The monoisotopic (exact) mass is 456 g/mol. The highest BCUT2D eigenvalue weighted by Gasteiger charge is 2.34. The number of nitrogens with zero attached hydrogens (tertiary/aromatic N) is 1. The van der Waals surface area contributed by atoms with Gasteiger partial charge in [0.2, 0.25) is 21.8 Å². The van der Waals surface area contributed by atoms with Crippen LogP contribution in [0.1, 0.15) is 33.1 Å². The van der Waals surface area contributed by atoms with Crippen molar-refractivity contribution < 1.29 is 27.2 Å². The smallest absolute Gasteiger partial charge is 0.243 e. The SMILES string of the molecule is CC(C)C[C@H](NC(=O)CN)C(=O)NC1CCCN(S(=O)(=O)c2ccc(F)cc2)CC1=O. The molecule has 2 atom stereocenters. The highest BCUT2D eigenvalue weighted by Crippen LogP contribution is 2.20. The van der Waals surface area contributed by atoms with Crippen LogP contribution in [0.3, 0.4) is 0 Å². The van der Waals surface area contributed by atoms with E-state index in [1.54, 1.807) is 0 Å². The molecule has 1 saturated heterocycles. The lowest BCUT2D eigenvalue weighted by Gasteiger charge is -2.23. The lowest BCUT2D eigenvalue weighted by Crippen LogP contribution is -2.53. The van der Waals surface area contributed by atoms with Crippen LogP contribution in [0.2, 0.25) is 0 Å². The standard InChI is InChI=1S/C20H29FN4O5S/c1-13(2)10-17(23-19(27)11-22)20(28)24-16-4-3-9-25(12-18(16)26)31(29,30)15-7-5-14(21)6-8-15/h5-8,13,16-17H,3-4,9-12,22H2,1-2H3,(H,23,27)(H,24,28)/t16?,17-/m0/s1. The Morgan fingerprint density at radius 3 is 2.48 bits per heavy atom. The van der Waals surface area contributed by atoms with Crippen LogP contribution in [0, 0.1) is 11.7 Å². The van der Waals surface area contributed by atoms with Crippen molar-refractivity contribution in [3.05, 3.63) is 30.1 Å². The Balaban J connectivity index is 2.10. The van der Waals surface area contributed by atoms with E-state index >= 15 is 0 Å². The molecule has 0 aromatic heterocycles.